The lowest BCUT2D eigenvalue weighted by Crippen LogP contribution is -2.33. The van der Waals surface area contributed by atoms with Crippen LogP contribution in [0.15, 0.2) is 23.1 Å². The highest BCUT2D eigenvalue weighted by Crippen LogP contribution is 2.26. The molecule has 2 atom stereocenters. The first-order valence-corrected chi connectivity index (χ1v) is 8.27. The number of sulfonamides is 1. The second-order valence-electron chi connectivity index (χ2n) is 4.91. The Hall–Kier alpha value is -0.660. The van der Waals surface area contributed by atoms with Crippen LogP contribution in [-0.2, 0) is 21.4 Å². The number of hydrogen-bond donors (Lipinski definition) is 2. The maximum Gasteiger partial charge on any atom is 0.242 e. The number of nitrogens with one attached hydrogen (secondary N) is 1. The zero-order valence-electron chi connectivity index (χ0n) is 11.2. The van der Waals surface area contributed by atoms with Crippen LogP contribution in [0.3, 0.4) is 0 Å². The van der Waals surface area contributed by atoms with Crippen molar-refractivity contribution in [2.24, 2.45) is 0 Å². The molecule has 1 aliphatic carbocycles. The molecule has 2 rings (SSSR count). The summed E-state index contributed by atoms with van der Waals surface area (Å²) in [5, 5.41) is 9.24. The average Bonchev–Trinajstić information content (AvgIpc) is 2.86. The molecule has 1 aromatic carbocycles. The molecule has 0 saturated heterocycles. The van der Waals surface area contributed by atoms with E-state index in [9.17, 15) is 8.42 Å². The topological polar surface area (TPSA) is 75.6 Å². The molecule has 0 amide bonds. The summed E-state index contributed by atoms with van der Waals surface area (Å²) in [6, 6.07) is 4.33. The Kier molecular flexibility index (Phi) is 5.04. The third-order valence-electron chi connectivity index (χ3n) is 3.51. The number of aliphatic hydroxyl groups is 1. The van der Waals surface area contributed by atoms with Crippen molar-refractivity contribution in [3.63, 3.8) is 0 Å². The van der Waals surface area contributed by atoms with Gasteiger partial charge in [0.2, 0.25) is 10.0 Å². The molecule has 0 aromatic heterocycles. The zero-order valence-corrected chi connectivity index (χ0v) is 12.7. The van der Waals surface area contributed by atoms with Crippen LogP contribution in [0, 0.1) is 0 Å². The molecule has 0 spiro atoms. The third-order valence-corrected chi connectivity index (χ3v) is 5.51. The van der Waals surface area contributed by atoms with Gasteiger partial charge >= 0.3 is 0 Å². The second kappa shape index (κ2) is 6.41. The van der Waals surface area contributed by atoms with Gasteiger partial charge in [-0.25, -0.2) is 13.1 Å². The second-order valence-corrected chi connectivity index (χ2v) is 7.00. The number of halogens is 1. The highest BCUT2D eigenvalue weighted by Gasteiger charge is 2.29. The van der Waals surface area contributed by atoms with Gasteiger partial charge < -0.3 is 9.84 Å². The van der Waals surface area contributed by atoms with Crippen molar-refractivity contribution in [2.75, 3.05) is 7.11 Å². The standard InChI is InChI=1S/C13H18ClNO4S/c1-19-11-4-3-10(7-11)15-20(17,18)13-6-9(8-16)2-5-12(13)14/h2,5-6,10-11,15-16H,3-4,7-8H2,1H3. The highest BCUT2D eigenvalue weighted by atomic mass is 35.5. The highest BCUT2D eigenvalue weighted by molar-refractivity contribution is 7.89. The zero-order chi connectivity index (χ0) is 14.8. The summed E-state index contributed by atoms with van der Waals surface area (Å²) in [6.45, 7) is -0.227. The Morgan fingerprint density at radius 3 is 2.80 bits per heavy atom. The molecule has 2 unspecified atom stereocenters. The Morgan fingerprint density at radius 2 is 2.20 bits per heavy atom. The van der Waals surface area contributed by atoms with E-state index in [0.717, 1.165) is 12.8 Å². The Bertz CT molecular complexity index is 576. The molecular formula is C13H18ClNO4S. The maximum atomic E-state index is 12.4. The van der Waals surface area contributed by atoms with Gasteiger partial charge in [0.25, 0.3) is 0 Å². The molecule has 20 heavy (non-hydrogen) atoms. The van der Waals surface area contributed by atoms with Crippen molar-refractivity contribution in [3.8, 4) is 0 Å². The van der Waals surface area contributed by atoms with Gasteiger partial charge in [0.15, 0.2) is 0 Å². The molecule has 0 bridgehead atoms. The smallest absolute Gasteiger partial charge is 0.242 e. The van der Waals surface area contributed by atoms with E-state index in [0.29, 0.717) is 12.0 Å². The molecule has 1 aliphatic rings. The van der Waals surface area contributed by atoms with E-state index in [1.54, 1.807) is 13.2 Å². The Morgan fingerprint density at radius 1 is 1.45 bits per heavy atom. The molecule has 0 aliphatic heterocycles. The van der Waals surface area contributed by atoms with Crippen molar-refractivity contribution in [2.45, 2.75) is 42.9 Å². The van der Waals surface area contributed by atoms with Gasteiger partial charge in [0.1, 0.15) is 4.90 Å². The van der Waals surface area contributed by atoms with Gasteiger partial charge in [-0.1, -0.05) is 17.7 Å². The SMILES string of the molecule is COC1CCC(NS(=O)(=O)c2cc(CO)ccc2Cl)C1. The average molecular weight is 320 g/mol. The summed E-state index contributed by atoms with van der Waals surface area (Å²) in [4.78, 5) is 0.00610. The summed E-state index contributed by atoms with van der Waals surface area (Å²) in [5.41, 5.74) is 0.510. The van der Waals surface area contributed by atoms with Crippen molar-refractivity contribution in [1.29, 1.82) is 0 Å². The van der Waals surface area contributed by atoms with Crippen molar-refractivity contribution < 1.29 is 18.3 Å². The minimum atomic E-state index is -3.69. The molecule has 0 heterocycles. The third kappa shape index (κ3) is 3.51. The summed E-state index contributed by atoms with van der Waals surface area (Å²) in [7, 11) is -2.06. The van der Waals surface area contributed by atoms with Crippen molar-refractivity contribution in [3.05, 3.63) is 28.8 Å². The van der Waals surface area contributed by atoms with E-state index in [1.165, 1.54) is 12.1 Å². The quantitative estimate of drug-likeness (QED) is 0.866. The fourth-order valence-electron chi connectivity index (χ4n) is 2.40. The summed E-state index contributed by atoms with van der Waals surface area (Å²) < 4.78 is 32.6. The van der Waals surface area contributed by atoms with E-state index < -0.39 is 10.0 Å². The molecular weight excluding hydrogens is 302 g/mol. The summed E-state index contributed by atoms with van der Waals surface area (Å²) >= 11 is 5.95. The molecule has 2 N–H and O–H groups in total. The van der Waals surface area contributed by atoms with Gasteiger partial charge in [0.05, 0.1) is 17.7 Å². The predicted octanol–water partition coefficient (Wildman–Crippen LogP) is 1.68. The van der Waals surface area contributed by atoms with Crippen LogP contribution in [-0.4, -0.2) is 32.8 Å². The van der Waals surface area contributed by atoms with Crippen LogP contribution in [0.4, 0.5) is 0 Å². The lowest BCUT2D eigenvalue weighted by Gasteiger charge is -2.14. The van der Waals surface area contributed by atoms with E-state index in [-0.39, 0.29) is 28.7 Å². The van der Waals surface area contributed by atoms with Gasteiger partial charge in [-0.2, -0.15) is 0 Å². The van der Waals surface area contributed by atoms with E-state index in [1.807, 2.05) is 0 Å². The minimum absolute atomic E-state index is 0.00610. The Balaban J connectivity index is 2.18. The number of rotatable bonds is 5. The monoisotopic (exact) mass is 319 g/mol. The van der Waals surface area contributed by atoms with Crippen molar-refractivity contribution >= 4 is 21.6 Å². The summed E-state index contributed by atoms with van der Waals surface area (Å²) in [5.74, 6) is 0. The van der Waals surface area contributed by atoms with Crippen LogP contribution in [0.2, 0.25) is 5.02 Å². The van der Waals surface area contributed by atoms with Gasteiger partial charge in [-0.15, -0.1) is 0 Å². The lowest BCUT2D eigenvalue weighted by atomic mass is 10.2. The maximum absolute atomic E-state index is 12.4. The van der Waals surface area contributed by atoms with Gasteiger partial charge in [0, 0.05) is 13.2 Å². The fourth-order valence-corrected chi connectivity index (χ4v) is 4.23. The predicted molar refractivity (Wildman–Crippen MR) is 76.1 cm³/mol. The molecule has 1 aromatic rings. The largest absolute Gasteiger partial charge is 0.392 e. The number of methoxy groups -OCH3 is 1. The number of ether oxygens (including phenoxy) is 1. The normalized spacial score (nSPS) is 23.1. The molecule has 0 radical (unpaired) electrons. The van der Waals surface area contributed by atoms with Crippen molar-refractivity contribution in [1.82, 2.24) is 4.72 Å². The fraction of sp³-hybridized carbons (Fsp3) is 0.538. The van der Waals surface area contributed by atoms with Crippen LogP contribution in [0.1, 0.15) is 24.8 Å². The summed E-state index contributed by atoms with van der Waals surface area (Å²) in [6.07, 6.45) is 2.35. The number of hydrogen-bond acceptors (Lipinski definition) is 4. The first kappa shape index (κ1) is 15.7. The molecule has 1 fully saturated rings. The van der Waals surface area contributed by atoms with E-state index in [4.69, 9.17) is 21.4 Å². The van der Waals surface area contributed by atoms with E-state index in [2.05, 4.69) is 4.72 Å². The van der Waals surface area contributed by atoms with E-state index >= 15 is 0 Å². The molecule has 112 valence electrons. The number of benzene rings is 1. The first-order valence-electron chi connectivity index (χ1n) is 6.40. The molecule has 1 saturated carbocycles. The minimum Gasteiger partial charge on any atom is -0.392 e. The van der Waals surface area contributed by atoms with Crippen LogP contribution >= 0.6 is 11.6 Å². The lowest BCUT2D eigenvalue weighted by molar-refractivity contribution is 0.107. The first-order chi connectivity index (χ1) is 9.46. The number of aliphatic hydroxyl groups excluding tert-OH is 1. The molecule has 5 nitrogen and oxygen atoms in total. The van der Waals surface area contributed by atoms with Crippen LogP contribution < -0.4 is 4.72 Å². The molecule has 7 heteroatoms. The van der Waals surface area contributed by atoms with Crippen LogP contribution in [0.5, 0.6) is 0 Å². The van der Waals surface area contributed by atoms with Gasteiger partial charge in [-0.05, 0) is 37.0 Å². The van der Waals surface area contributed by atoms with Gasteiger partial charge in [-0.3, -0.25) is 0 Å². The Labute approximate surface area is 124 Å². The van der Waals surface area contributed by atoms with Crippen LogP contribution in [0.25, 0.3) is 0 Å².